The summed E-state index contributed by atoms with van der Waals surface area (Å²) in [6.07, 6.45) is 0.811. The number of carboxylic acid groups (broad SMARTS) is 1. The van der Waals surface area contributed by atoms with E-state index in [9.17, 15) is 22.8 Å². The molecule has 0 radical (unpaired) electrons. The molecule has 1 aromatic carbocycles. The molecule has 1 fully saturated rings. The number of aromatic nitrogens is 1. The van der Waals surface area contributed by atoms with Gasteiger partial charge in [-0.25, -0.2) is 0 Å². The number of carbonyl (C=O) groups is 2. The average molecular weight is 437 g/mol. The Morgan fingerprint density at radius 2 is 2.06 bits per heavy atom. The molecule has 0 bridgehead atoms. The van der Waals surface area contributed by atoms with Crippen LogP contribution < -0.4 is 10.5 Å². The molecular weight excluding hydrogens is 415 g/mol. The smallest absolute Gasteiger partial charge is 0.481 e. The molecule has 1 aliphatic rings. The molecule has 0 saturated heterocycles. The molecule has 31 heavy (non-hydrogen) atoms. The topological polar surface area (TPSA) is 97.8 Å². The molecule has 2 atom stereocenters. The number of alkyl halides is 3. The Labute approximate surface area is 176 Å². The van der Waals surface area contributed by atoms with Crippen LogP contribution >= 0.6 is 0 Å². The maximum Gasteiger partial charge on any atom is 0.573 e. The number of allylic oxidation sites excluding steroid dienone is 3. The van der Waals surface area contributed by atoms with Gasteiger partial charge in [0.05, 0.1) is 11.4 Å². The van der Waals surface area contributed by atoms with Gasteiger partial charge in [-0.1, -0.05) is 12.2 Å². The van der Waals surface area contributed by atoms with E-state index in [4.69, 9.17) is 10.8 Å². The first-order valence-corrected chi connectivity index (χ1v) is 9.50. The fourth-order valence-electron chi connectivity index (χ4n) is 3.56. The molecule has 0 spiro atoms. The van der Waals surface area contributed by atoms with Crippen LogP contribution in [0.5, 0.6) is 5.75 Å². The number of carbonyl (C=O) groups excluding carboxylic acids is 1. The fraction of sp³-hybridized carbons (Fsp3) is 0.333. The number of ether oxygens (including phenoxy) is 1. The summed E-state index contributed by atoms with van der Waals surface area (Å²) in [4.78, 5) is 25.1. The van der Waals surface area contributed by atoms with Gasteiger partial charge in [0.15, 0.2) is 0 Å². The van der Waals surface area contributed by atoms with Gasteiger partial charge < -0.3 is 20.5 Å². The molecule has 1 saturated carbocycles. The van der Waals surface area contributed by atoms with Gasteiger partial charge in [-0.05, 0) is 43.5 Å². The zero-order valence-electron chi connectivity index (χ0n) is 16.9. The number of aliphatic carboxylic acids is 1. The van der Waals surface area contributed by atoms with Crippen LogP contribution in [-0.4, -0.2) is 46.4 Å². The summed E-state index contributed by atoms with van der Waals surface area (Å²) >= 11 is 0. The van der Waals surface area contributed by atoms with Crippen molar-refractivity contribution < 1.29 is 32.6 Å². The van der Waals surface area contributed by atoms with Crippen molar-refractivity contribution in [3.05, 3.63) is 48.2 Å². The minimum absolute atomic E-state index is 0.0699. The first-order chi connectivity index (χ1) is 14.5. The van der Waals surface area contributed by atoms with Crippen molar-refractivity contribution in [3.8, 4) is 5.75 Å². The van der Waals surface area contributed by atoms with Crippen molar-refractivity contribution >= 4 is 28.6 Å². The molecule has 1 unspecified atom stereocenters. The first kappa shape index (κ1) is 22.3. The SMILES string of the molecule is C/C=C\C=C(/N(C)CC1C[C@@H]1C(=O)O)n1c(C(N)=O)cc2ccc(OC(F)(F)F)cc21. The van der Waals surface area contributed by atoms with E-state index in [0.29, 0.717) is 29.7 Å². The van der Waals surface area contributed by atoms with Gasteiger partial charge in [0.25, 0.3) is 5.91 Å². The summed E-state index contributed by atoms with van der Waals surface area (Å²) in [5.41, 5.74) is 5.92. The quantitative estimate of drug-likeness (QED) is 0.615. The third-order valence-corrected chi connectivity index (χ3v) is 5.07. The molecule has 7 nitrogen and oxygen atoms in total. The van der Waals surface area contributed by atoms with E-state index in [1.165, 1.54) is 22.8 Å². The Hall–Kier alpha value is -3.43. The molecule has 2 aromatic rings. The highest BCUT2D eigenvalue weighted by molar-refractivity contribution is 6.00. The lowest BCUT2D eigenvalue weighted by Gasteiger charge is -2.25. The van der Waals surface area contributed by atoms with Crippen molar-refractivity contribution in [1.29, 1.82) is 0 Å². The predicted molar refractivity (Wildman–Crippen MR) is 108 cm³/mol. The van der Waals surface area contributed by atoms with E-state index in [2.05, 4.69) is 4.74 Å². The van der Waals surface area contributed by atoms with E-state index in [1.54, 1.807) is 37.1 Å². The molecular formula is C21H22F3N3O4. The number of hydrogen-bond acceptors (Lipinski definition) is 4. The van der Waals surface area contributed by atoms with Gasteiger partial charge in [0.2, 0.25) is 0 Å². The summed E-state index contributed by atoms with van der Waals surface area (Å²) in [5, 5.41) is 9.66. The predicted octanol–water partition coefficient (Wildman–Crippen LogP) is 3.67. The summed E-state index contributed by atoms with van der Waals surface area (Å²) in [7, 11) is 1.72. The third-order valence-electron chi connectivity index (χ3n) is 5.07. The molecule has 3 rings (SSSR count). The molecule has 166 valence electrons. The van der Waals surface area contributed by atoms with Crippen LogP contribution in [0, 0.1) is 11.8 Å². The van der Waals surface area contributed by atoms with Crippen LogP contribution in [0.15, 0.2) is 42.5 Å². The first-order valence-electron chi connectivity index (χ1n) is 9.50. The van der Waals surface area contributed by atoms with Crippen molar-refractivity contribution in [2.24, 2.45) is 17.6 Å². The number of carboxylic acids is 1. The number of halogens is 3. The highest BCUT2D eigenvalue weighted by Gasteiger charge is 2.44. The van der Waals surface area contributed by atoms with Gasteiger partial charge in [-0.3, -0.25) is 14.2 Å². The fourth-order valence-corrected chi connectivity index (χ4v) is 3.56. The monoisotopic (exact) mass is 437 g/mol. The Bertz CT molecular complexity index is 1070. The standard InChI is InChI=1S/C21H22F3N3O4/c1-3-4-5-18(26(2)11-13-8-15(13)20(29)30)27-16-10-14(31-21(22,23)24)7-6-12(16)9-17(27)19(25)28/h3-7,9-10,13,15H,8,11H2,1-2H3,(H2,25,28)(H,29,30)/b4-3-,18-5+/t13?,15-/m0/s1. The van der Waals surface area contributed by atoms with Gasteiger partial charge in [-0.2, -0.15) is 0 Å². The van der Waals surface area contributed by atoms with E-state index < -0.39 is 29.9 Å². The lowest BCUT2D eigenvalue weighted by molar-refractivity contribution is -0.274. The number of rotatable bonds is 8. The van der Waals surface area contributed by atoms with E-state index in [-0.39, 0.29) is 11.6 Å². The second kappa shape index (κ2) is 8.37. The maximum atomic E-state index is 12.7. The lowest BCUT2D eigenvalue weighted by Crippen LogP contribution is -2.27. The van der Waals surface area contributed by atoms with Gasteiger partial charge in [0.1, 0.15) is 17.3 Å². The van der Waals surface area contributed by atoms with Crippen molar-refractivity contribution in [1.82, 2.24) is 9.47 Å². The molecule has 1 amide bonds. The van der Waals surface area contributed by atoms with Crippen LogP contribution in [0.2, 0.25) is 0 Å². The summed E-state index contributed by atoms with van der Waals surface area (Å²) in [5.74, 6) is -2.10. The van der Waals surface area contributed by atoms with Crippen molar-refractivity contribution in [2.45, 2.75) is 19.7 Å². The van der Waals surface area contributed by atoms with Crippen molar-refractivity contribution in [2.75, 3.05) is 13.6 Å². The highest BCUT2D eigenvalue weighted by Crippen LogP contribution is 2.40. The van der Waals surface area contributed by atoms with Gasteiger partial charge in [-0.15, -0.1) is 13.2 Å². The normalized spacial score (nSPS) is 19.1. The number of primary amides is 1. The second-order valence-corrected chi connectivity index (χ2v) is 7.37. The molecule has 3 N–H and O–H groups in total. The highest BCUT2D eigenvalue weighted by atomic mass is 19.4. The van der Waals surface area contributed by atoms with Gasteiger partial charge in [0, 0.05) is 25.0 Å². The maximum absolute atomic E-state index is 12.7. The number of benzene rings is 1. The van der Waals surface area contributed by atoms with Crippen LogP contribution in [0.4, 0.5) is 13.2 Å². The molecule has 0 aliphatic heterocycles. The largest absolute Gasteiger partial charge is 0.573 e. The van der Waals surface area contributed by atoms with E-state index in [1.807, 2.05) is 0 Å². The Morgan fingerprint density at radius 3 is 2.61 bits per heavy atom. The Kier molecular flexibility index (Phi) is 6.01. The molecule has 1 aliphatic carbocycles. The van der Waals surface area contributed by atoms with Crippen molar-refractivity contribution in [3.63, 3.8) is 0 Å². The van der Waals surface area contributed by atoms with Crippen LogP contribution in [-0.2, 0) is 4.79 Å². The number of nitrogens with zero attached hydrogens (tertiary/aromatic N) is 2. The number of amides is 1. The zero-order valence-corrected chi connectivity index (χ0v) is 16.9. The summed E-state index contributed by atoms with van der Waals surface area (Å²) in [6.45, 7) is 2.17. The second-order valence-electron chi connectivity index (χ2n) is 7.37. The Balaban J connectivity index is 2.09. The summed E-state index contributed by atoms with van der Waals surface area (Å²) < 4.78 is 43.6. The summed E-state index contributed by atoms with van der Waals surface area (Å²) in [6, 6.07) is 5.24. The average Bonchev–Trinajstić information content (AvgIpc) is 3.33. The zero-order chi connectivity index (χ0) is 22.9. The number of nitrogens with two attached hydrogens (primary N) is 1. The van der Waals surface area contributed by atoms with Crippen LogP contribution in [0.25, 0.3) is 16.7 Å². The Morgan fingerprint density at radius 1 is 1.35 bits per heavy atom. The molecule has 10 heteroatoms. The van der Waals surface area contributed by atoms with Crippen LogP contribution in [0.1, 0.15) is 23.8 Å². The van der Waals surface area contributed by atoms with E-state index >= 15 is 0 Å². The molecule has 1 heterocycles. The minimum Gasteiger partial charge on any atom is -0.481 e. The van der Waals surface area contributed by atoms with Crippen LogP contribution in [0.3, 0.4) is 0 Å². The molecule has 1 aromatic heterocycles. The number of fused-ring (bicyclic) bond motifs is 1. The lowest BCUT2D eigenvalue weighted by atomic mass is 10.2. The van der Waals surface area contributed by atoms with Gasteiger partial charge >= 0.3 is 12.3 Å². The third kappa shape index (κ3) is 5.01. The number of hydrogen-bond donors (Lipinski definition) is 2. The minimum atomic E-state index is -4.87. The van der Waals surface area contributed by atoms with E-state index in [0.717, 1.165) is 6.07 Å².